The molecule has 2 aromatic rings. The van der Waals surface area contributed by atoms with E-state index in [1.807, 2.05) is 0 Å². The van der Waals surface area contributed by atoms with E-state index >= 15 is 0 Å². The van der Waals surface area contributed by atoms with Crippen molar-refractivity contribution < 1.29 is 38.1 Å². The van der Waals surface area contributed by atoms with E-state index < -0.39 is 17.9 Å². The Balaban J connectivity index is 1.91. The van der Waals surface area contributed by atoms with Crippen molar-refractivity contribution in [1.29, 1.82) is 0 Å². The highest BCUT2D eigenvalue weighted by atomic mass is 16.6. The Hall–Kier alpha value is -4.14. The second-order valence-corrected chi connectivity index (χ2v) is 6.53. The highest BCUT2D eigenvalue weighted by Gasteiger charge is 2.25. The van der Waals surface area contributed by atoms with Crippen LogP contribution in [0.3, 0.4) is 0 Å². The number of nitrogens with zero attached hydrogens (tertiary/aromatic N) is 1. The molecule has 9 heteroatoms. The van der Waals surface area contributed by atoms with Gasteiger partial charge in [-0.15, -0.1) is 0 Å². The summed E-state index contributed by atoms with van der Waals surface area (Å²) in [5.41, 5.74) is 1.14. The van der Waals surface area contributed by atoms with Gasteiger partial charge in [-0.25, -0.2) is 9.79 Å². The van der Waals surface area contributed by atoms with E-state index in [4.69, 9.17) is 23.7 Å². The molecule has 0 aliphatic carbocycles. The number of hydrogen-bond acceptors (Lipinski definition) is 9. The van der Waals surface area contributed by atoms with E-state index in [1.165, 1.54) is 33.1 Å². The van der Waals surface area contributed by atoms with Gasteiger partial charge in [0.2, 0.25) is 5.90 Å². The number of methoxy groups -OCH3 is 1. The van der Waals surface area contributed by atoms with Crippen molar-refractivity contribution in [2.24, 2.45) is 4.99 Å². The lowest BCUT2D eigenvalue weighted by Crippen LogP contribution is -2.07. The minimum atomic E-state index is -0.634. The molecule has 3 rings (SSSR count). The second kappa shape index (κ2) is 9.78. The Kier molecular flexibility index (Phi) is 6.89. The van der Waals surface area contributed by atoms with Gasteiger partial charge in [0.05, 0.1) is 13.7 Å². The Morgan fingerprint density at radius 3 is 2.25 bits per heavy atom. The number of hydrogen-bond donors (Lipinski definition) is 0. The first-order valence-corrected chi connectivity index (χ1v) is 9.65. The number of aliphatic imine (C=N–C) groups is 1. The molecule has 0 unspecified atom stereocenters. The van der Waals surface area contributed by atoms with E-state index in [1.54, 1.807) is 37.3 Å². The van der Waals surface area contributed by atoms with Gasteiger partial charge >= 0.3 is 17.9 Å². The van der Waals surface area contributed by atoms with Crippen LogP contribution in [0.25, 0.3) is 6.08 Å². The van der Waals surface area contributed by atoms with Gasteiger partial charge < -0.3 is 23.7 Å². The van der Waals surface area contributed by atoms with Crippen molar-refractivity contribution in [3.05, 3.63) is 53.2 Å². The molecule has 0 saturated carbocycles. The molecule has 0 spiro atoms. The zero-order chi connectivity index (χ0) is 23.3. The van der Waals surface area contributed by atoms with Crippen LogP contribution in [0.5, 0.6) is 23.0 Å². The summed E-state index contributed by atoms with van der Waals surface area (Å²) in [6, 6.07) is 9.53. The maximum Gasteiger partial charge on any atom is 0.363 e. The first-order valence-electron chi connectivity index (χ1n) is 9.65. The van der Waals surface area contributed by atoms with E-state index in [-0.39, 0.29) is 28.8 Å². The van der Waals surface area contributed by atoms with Gasteiger partial charge in [-0.2, -0.15) is 0 Å². The lowest BCUT2D eigenvalue weighted by atomic mass is 10.1. The number of esters is 3. The van der Waals surface area contributed by atoms with Gasteiger partial charge in [0.1, 0.15) is 0 Å². The molecular formula is C23H21NO8. The maximum absolute atomic E-state index is 12.3. The van der Waals surface area contributed by atoms with Crippen LogP contribution in [-0.2, 0) is 19.1 Å². The summed E-state index contributed by atoms with van der Waals surface area (Å²) in [7, 11) is 1.43. The van der Waals surface area contributed by atoms with Gasteiger partial charge in [0, 0.05) is 19.4 Å². The number of ether oxygens (including phenoxy) is 5. The standard InChI is InChI=1S/C23H21NO8/c1-5-29-21-11-15(6-8-19(21)31-14(3)26)10-17-23(27)32-22(24-17)16-7-9-18(30-13(2)25)20(12-16)28-4/h6-12H,5H2,1-4H3/b17-10-. The average Bonchev–Trinajstić information content (AvgIpc) is 3.10. The number of benzene rings is 2. The zero-order valence-corrected chi connectivity index (χ0v) is 18.0. The molecule has 2 aromatic carbocycles. The molecule has 1 heterocycles. The van der Waals surface area contributed by atoms with Crippen LogP contribution in [-0.4, -0.2) is 37.5 Å². The van der Waals surface area contributed by atoms with Gasteiger partial charge in [0.25, 0.3) is 0 Å². The topological polar surface area (TPSA) is 110 Å². The summed E-state index contributed by atoms with van der Waals surface area (Å²) < 4.78 is 26.2. The smallest absolute Gasteiger partial charge is 0.363 e. The molecule has 0 bridgehead atoms. The van der Waals surface area contributed by atoms with Crippen molar-refractivity contribution in [1.82, 2.24) is 0 Å². The van der Waals surface area contributed by atoms with E-state index in [0.29, 0.717) is 23.5 Å². The third-order valence-electron chi connectivity index (χ3n) is 4.11. The summed E-state index contributed by atoms with van der Waals surface area (Å²) in [4.78, 5) is 39.1. The quantitative estimate of drug-likeness (QED) is 0.367. The van der Waals surface area contributed by atoms with Crippen LogP contribution in [0.2, 0.25) is 0 Å². The molecule has 0 aromatic heterocycles. The Morgan fingerprint density at radius 1 is 0.969 bits per heavy atom. The van der Waals surface area contributed by atoms with Crippen LogP contribution >= 0.6 is 0 Å². The molecule has 1 aliphatic heterocycles. The molecule has 166 valence electrons. The summed E-state index contributed by atoms with van der Waals surface area (Å²) in [5, 5.41) is 0. The van der Waals surface area contributed by atoms with Gasteiger partial charge in [-0.3, -0.25) is 9.59 Å². The molecule has 32 heavy (non-hydrogen) atoms. The van der Waals surface area contributed by atoms with Crippen LogP contribution in [0.15, 0.2) is 47.1 Å². The predicted molar refractivity (Wildman–Crippen MR) is 114 cm³/mol. The SMILES string of the molecule is CCOc1cc(/C=C2\N=C(c3ccc(OC(C)=O)c(OC)c3)OC2=O)ccc1OC(C)=O. The Labute approximate surface area is 184 Å². The minimum Gasteiger partial charge on any atom is -0.493 e. The summed E-state index contributed by atoms with van der Waals surface area (Å²) >= 11 is 0. The van der Waals surface area contributed by atoms with E-state index in [9.17, 15) is 14.4 Å². The van der Waals surface area contributed by atoms with Crippen molar-refractivity contribution in [2.45, 2.75) is 20.8 Å². The molecule has 9 nitrogen and oxygen atoms in total. The van der Waals surface area contributed by atoms with Crippen molar-refractivity contribution in [2.75, 3.05) is 13.7 Å². The highest BCUT2D eigenvalue weighted by Crippen LogP contribution is 2.32. The highest BCUT2D eigenvalue weighted by molar-refractivity contribution is 6.13. The fourth-order valence-corrected chi connectivity index (χ4v) is 2.85. The van der Waals surface area contributed by atoms with Crippen molar-refractivity contribution in [3.8, 4) is 23.0 Å². The van der Waals surface area contributed by atoms with E-state index in [2.05, 4.69) is 4.99 Å². The third-order valence-corrected chi connectivity index (χ3v) is 4.11. The number of cyclic esters (lactones) is 1. The fraction of sp³-hybridized carbons (Fsp3) is 0.217. The van der Waals surface area contributed by atoms with Crippen molar-refractivity contribution in [3.63, 3.8) is 0 Å². The van der Waals surface area contributed by atoms with E-state index in [0.717, 1.165) is 0 Å². The van der Waals surface area contributed by atoms with Crippen LogP contribution in [0.4, 0.5) is 0 Å². The van der Waals surface area contributed by atoms with Crippen LogP contribution in [0.1, 0.15) is 31.9 Å². The molecule has 1 aliphatic rings. The number of carbonyl (C=O) groups is 3. The molecule has 0 fully saturated rings. The van der Waals surface area contributed by atoms with Crippen LogP contribution < -0.4 is 18.9 Å². The molecule has 0 radical (unpaired) electrons. The average molecular weight is 439 g/mol. The lowest BCUT2D eigenvalue weighted by molar-refractivity contribution is -0.132. The lowest BCUT2D eigenvalue weighted by Gasteiger charge is -2.10. The summed E-state index contributed by atoms with van der Waals surface area (Å²) in [6.07, 6.45) is 1.53. The molecule has 0 saturated heterocycles. The first-order chi connectivity index (χ1) is 15.3. The van der Waals surface area contributed by atoms with Crippen molar-refractivity contribution >= 4 is 29.9 Å². The summed E-state index contributed by atoms with van der Waals surface area (Å²) in [5.74, 6) is -0.353. The summed E-state index contributed by atoms with van der Waals surface area (Å²) in [6.45, 7) is 4.74. The predicted octanol–water partition coefficient (Wildman–Crippen LogP) is 3.29. The fourth-order valence-electron chi connectivity index (χ4n) is 2.85. The zero-order valence-electron chi connectivity index (χ0n) is 18.0. The molecule has 0 atom stereocenters. The van der Waals surface area contributed by atoms with Gasteiger partial charge in [0.15, 0.2) is 28.7 Å². The van der Waals surface area contributed by atoms with Gasteiger partial charge in [-0.1, -0.05) is 6.07 Å². The molecular weight excluding hydrogens is 418 g/mol. The molecule has 0 amide bonds. The van der Waals surface area contributed by atoms with Crippen LogP contribution in [0, 0.1) is 0 Å². The third kappa shape index (κ3) is 5.31. The monoisotopic (exact) mass is 439 g/mol. The normalized spacial score (nSPS) is 13.9. The largest absolute Gasteiger partial charge is 0.493 e. The maximum atomic E-state index is 12.3. The second-order valence-electron chi connectivity index (χ2n) is 6.53. The first kappa shape index (κ1) is 22.5. The Morgan fingerprint density at radius 2 is 1.62 bits per heavy atom. The molecule has 0 N–H and O–H groups in total. The number of rotatable bonds is 7. The Bertz CT molecular complexity index is 1130. The minimum absolute atomic E-state index is 0.0747. The number of carbonyl (C=O) groups excluding carboxylic acids is 3. The van der Waals surface area contributed by atoms with Gasteiger partial charge in [-0.05, 0) is 48.9 Å².